The maximum Gasteiger partial charge on any atom is 0.472 e. The van der Waals surface area contributed by atoms with Crippen molar-refractivity contribution in [2.75, 3.05) is 39.6 Å². The largest absolute Gasteiger partial charge is 0.472 e. The summed E-state index contributed by atoms with van der Waals surface area (Å²) in [6, 6.07) is 0. The highest BCUT2D eigenvalue weighted by Gasteiger charge is 2.31. The van der Waals surface area contributed by atoms with Crippen LogP contribution in [-0.2, 0) is 65.4 Å². The quantitative estimate of drug-likeness (QED) is 0.0222. The van der Waals surface area contributed by atoms with Crippen LogP contribution in [0.5, 0.6) is 0 Å². The molecule has 19 heteroatoms. The van der Waals surface area contributed by atoms with E-state index in [0.29, 0.717) is 25.7 Å². The minimum atomic E-state index is -4.97. The average Bonchev–Trinajstić information content (AvgIpc) is 0.898. The van der Waals surface area contributed by atoms with Gasteiger partial charge in [0, 0.05) is 25.7 Å². The lowest BCUT2D eigenvalue weighted by Crippen LogP contribution is -2.30. The molecule has 0 amide bonds. The van der Waals surface area contributed by atoms with Crippen molar-refractivity contribution in [2.45, 2.75) is 515 Å². The summed E-state index contributed by atoms with van der Waals surface area (Å²) in [5.41, 5.74) is 0. The van der Waals surface area contributed by atoms with Crippen LogP contribution in [0.15, 0.2) is 0 Å². The van der Waals surface area contributed by atoms with Crippen molar-refractivity contribution in [1.82, 2.24) is 0 Å². The van der Waals surface area contributed by atoms with Crippen LogP contribution in [0.25, 0.3) is 0 Å². The summed E-state index contributed by atoms with van der Waals surface area (Å²) in [6.45, 7) is 7.43. The minimum Gasteiger partial charge on any atom is -0.462 e. The average molecular weight is 1610 g/mol. The number of phosphoric acid groups is 2. The normalized spacial score (nSPS) is 13.7. The van der Waals surface area contributed by atoms with E-state index in [9.17, 15) is 43.2 Å². The standard InChI is InChI=1S/C91H178O17P2/c1-6-9-12-15-18-21-24-26-28-30-32-33-35-37-43-47-52-57-62-67-72-77-91(96)108-87(81-102-89(94)75-70-65-60-55-50-45-41-39-38-40-44-49-53-58-63-68-73-84(4)5)83-106-110(99,100)104-79-85(92)78-103-109(97,98)105-82-86(80-101-88(93)74-69-64-59-54-48-23-20-17-14-11-8-3)107-90(95)76-71-66-61-56-51-46-42-36-34-31-29-27-25-22-19-16-13-10-7-2/h84-87,92H,6-83H2,1-5H3,(H,97,98)(H,99,100)/t85-,86+,87+/m0/s1. The van der Waals surface area contributed by atoms with Crippen molar-refractivity contribution in [3.8, 4) is 0 Å². The highest BCUT2D eigenvalue weighted by molar-refractivity contribution is 7.47. The number of ether oxygens (including phenoxy) is 4. The lowest BCUT2D eigenvalue weighted by atomic mass is 10.0. The summed E-state index contributed by atoms with van der Waals surface area (Å²) in [4.78, 5) is 73.4. The molecule has 0 aliphatic heterocycles. The number of carbonyl (C=O) groups excluding carboxylic acids is 4. The van der Waals surface area contributed by atoms with Gasteiger partial charge in [-0.15, -0.1) is 0 Å². The topological polar surface area (TPSA) is 237 Å². The third kappa shape index (κ3) is 84.0. The molecule has 0 rings (SSSR count). The van der Waals surface area contributed by atoms with Gasteiger partial charge in [-0.25, -0.2) is 9.13 Å². The van der Waals surface area contributed by atoms with Gasteiger partial charge < -0.3 is 33.8 Å². The van der Waals surface area contributed by atoms with Crippen LogP contribution in [0.1, 0.15) is 497 Å². The monoisotopic (exact) mass is 1610 g/mol. The first-order chi connectivity index (χ1) is 53.5. The predicted octanol–water partition coefficient (Wildman–Crippen LogP) is 28.3. The predicted molar refractivity (Wildman–Crippen MR) is 455 cm³/mol. The fourth-order valence-corrected chi connectivity index (χ4v) is 15.9. The number of esters is 4. The molecule has 3 N–H and O–H groups in total. The van der Waals surface area contributed by atoms with E-state index in [1.54, 1.807) is 0 Å². The van der Waals surface area contributed by atoms with Crippen molar-refractivity contribution in [2.24, 2.45) is 5.92 Å². The second-order valence-electron chi connectivity index (χ2n) is 33.2. The van der Waals surface area contributed by atoms with Gasteiger partial charge in [0.15, 0.2) is 12.2 Å². The van der Waals surface area contributed by atoms with Gasteiger partial charge in [0.2, 0.25) is 0 Å². The fraction of sp³-hybridized carbons (Fsp3) is 0.956. The summed E-state index contributed by atoms with van der Waals surface area (Å²) < 4.78 is 69.1. The van der Waals surface area contributed by atoms with Crippen LogP contribution in [0.2, 0.25) is 0 Å². The van der Waals surface area contributed by atoms with Crippen LogP contribution >= 0.6 is 15.6 Å². The van der Waals surface area contributed by atoms with E-state index in [1.807, 2.05) is 0 Å². The van der Waals surface area contributed by atoms with Gasteiger partial charge in [0.25, 0.3) is 0 Å². The Balaban J connectivity index is 5.23. The number of rotatable bonds is 91. The highest BCUT2D eigenvalue weighted by atomic mass is 31.2. The van der Waals surface area contributed by atoms with Crippen molar-refractivity contribution < 1.29 is 80.2 Å². The van der Waals surface area contributed by atoms with E-state index in [2.05, 4.69) is 34.6 Å². The molecule has 0 heterocycles. The first kappa shape index (κ1) is 108. The lowest BCUT2D eigenvalue weighted by molar-refractivity contribution is -0.161. The lowest BCUT2D eigenvalue weighted by Gasteiger charge is -2.21. The van der Waals surface area contributed by atoms with Crippen LogP contribution in [0, 0.1) is 5.92 Å². The zero-order valence-corrected chi connectivity index (χ0v) is 74.2. The van der Waals surface area contributed by atoms with E-state index in [1.165, 1.54) is 321 Å². The Morgan fingerprint density at radius 1 is 0.245 bits per heavy atom. The summed E-state index contributed by atoms with van der Waals surface area (Å²) in [7, 11) is -9.93. The third-order valence-electron chi connectivity index (χ3n) is 21.5. The van der Waals surface area contributed by atoms with Crippen LogP contribution in [-0.4, -0.2) is 96.7 Å². The van der Waals surface area contributed by atoms with Gasteiger partial charge in [0.05, 0.1) is 26.4 Å². The molecule has 654 valence electrons. The zero-order valence-electron chi connectivity index (χ0n) is 72.4. The van der Waals surface area contributed by atoms with Crippen LogP contribution in [0.4, 0.5) is 0 Å². The van der Waals surface area contributed by atoms with Gasteiger partial charge in [-0.05, 0) is 31.6 Å². The summed E-state index contributed by atoms with van der Waals surface area (Å²) in [5, 5.41) is 10.7. The van der Waals surface area contributed by atoms with Crippen molar-refractivity contribution in [1.29, 1.82) is 0 Å². The highest BCUT2D eigenvalue weighted by Crippen LogP contribution is 2.45. The Morgan fingerprint density at radius 2 is 0.418 bits per heavy atom. The third-order valence-corrected chi connectivity index (χ3v) is 23.4. The number of aliphatic hydroxyl groups is 1. The molecule has 0 aromatic rings. The molecule has 2 unspecified atom stereocenters. The number of phosphoric ester groups is 2. The van der Waals surface area contributed by atoms with Crippen LogP contribution < -0.4 is 0 Å². The van der Waals surface area contributed by atoms with Crippen molar-refractivity contribution >= 4 is 39.5 Å². The first-order valence-corrected chi connectivity index (χ1v) is 50.1. The van der Waals surface area contributed by atoms with Crippen LogP contribution in [0.3, 0.4) is 0 Å². The van der Waals surface area contributed by atoms with E-state index >= 15 is 0 Å². The zero-order chi connectivity index (χ0) is 80.4. The number of carbonyl (C=O) groups is 4. The molecular formula is C91H178O17P2. The van der Waals surface area contributed by atoms with Crippen molar-refractivity contribution in [3.05, 3.63) is 0 Å². The molecule has 0 spiro atoms. The number of hydrogen-bond acceptors (Lipinski definition) is 15. The molecule has 5 atom stereocenters. The summed E-state index contributed by atoms with van der Waals surface area (Å²) >= 11 is 0. The molecule has 0 saturated carbocycles. The summed E-state index contributed by atoms with van der Waals surface area (Å²) in [5.74, 6) is -1.28. The number of unbranched alkanes of at least 4 members (excludes halogenated alkanes) is 63. The smallest absolute Gasteiger partial charge is 0.462 e. The molecule has 0 aliphatic carbocycles. The Morgan fingerprint density at radius 3 is 0.618 bits per heavy atom. The molecule has 17 nitrogen and oxygen atoms in total. The Kier molecular flexibility index (Phi) is 82.1. The second-order valence-corrected chi connectivity index (χ2v) is 36.1. The maximum absolute atomic E-state index is 13.2. The van der Waals surface area contributed by atoms with E-state index in [4.69, 9.17) is 37.0 Å². The van der Waals surface area contributed by atoms with E-state index in [-0.39, 0.29) is 25.7 Å². The summed E-state index contributed by atoms with van der Waals surface area (Å²) in [6.07, 6.45) is 79.2. The molecule has 0 aliphatic rings. The minimum absolute atomic E-state index is 0.109. The Labute approximate surface area is 677 Å². The van der Waals surface area contributed by atoms with E-state index < -0.39 is 97.5 Å². The second kappa shape index (κ2) is 83.5. The Hall–Kier alpha value is -1.94. The molecular weight excluding hydrogens is 1430 g/mol. The van der Waals surface area contributed by atoms with Gasteiger partial charge in [0.1, 0.15) is 19.3 Å². The van der Waals surface area contributed by atoms with Gasteiger partial charge in [-0.2, -0.15) is 0 Å². The molecule has 0 aromatic heterocycles. The number of aliphatic hydroxyl groups excluding tert-OH is 1. The molecule has 0 saturated heterocycles. The van der Waals surface area contributed by atoms with Gasteiger partial charge in [-0.1, -0.05) is 446 Å². The molecule has 110 heavy (non-hydrogen) atoms. The van der Waals surface area contributed by atoms with Gasteiger partial charge >= 0.3 is 39.5 Å². The molecule has 0 aromatic carbocycles. The van der Waals surface area contributed by atoms with Gasteiger partial charge in [-0.3, -0.25) is 37.3 Å². The first-order valence-electron chi connectivity index (χ1n) is 47.1. The molecule has 0 fully saturated rings. The van der Waals surface area contributed by atoms with Crippen molar-refractivity contribution in [3.63, 3.8) is 0 Å². The molecule has 0 radical (unpaired) electrons. The SMILES string of the molecule is CCCCCCCCCCCCCCCCCCCCCCCC(=O)O[C@H](COC(=O)CCCCCCCCCCCCCCCCCCC(C)C)COP(=O)(O)OC[C@@H](O)COP(=O)(O)OC[C@@H](COC(=O)CCCCCCCCCCCCC)OC(=O)CCCCCCCCCCCCCCCCCCCCC. The Bertz CT molecular complexity index is 2080. The van der Waals surface area contributed by atoms with E-state index in [0.717, 1.165) is 95.8 Å². The number of hydrogen-bond donors (Lipinski definition) is 3. The fourth-order valence-electron chi connectivity index (χ4n) is 14.4. The molecule has 0 bridgehead atoms. The maximum atomic E-state index is 13.2.